The van der Waals surface area contributed by atoms with E-state index < -0.39 is 12.1 Å². The first-order valence-electron chi connectivity index (χ1n) is 4.36. The lowest BCUT2D eigenvalue weighted by Gasteiger charge is -2.07. The first-order valence-corrected chi connectivity index (χ1v) is 4.36. The van der Waals surface area contributed by atoms with E-state index in [1.165, 1.54) is 10.7 Å². The van der Waals surface area contributed by atoms with Gasteiger partial charge in [0.15, 0.2) is 5.65 Å². The van der Waals surface area contributed by atoms with Gasteiger partial charge in [0.2, 0.25) is 0 Å². The fraction of sp³-hybridized carbons (Fsp3) is 0.222. The largest absolute Gasteiger partial charge is 0.481 e. The van der Waals surface area contributed by atoms with Gasteiger partial charge in [0.1, 0.15) is 0 Å². The van der Waals surface area contributed by atoms with E-state index >= 15 is 0 Å². The summed E-state index contributed by atoms with van der Waals surface area (Å²) in [5, 5.41) is 22.0. The van der Waals surface area contributed by atoms with Crippen molar-refractivity contribution in [1.82, 2.24) is 14.6 Å². The van der Waals surface area contributed by atoms with Crippen LogP contribution in [-0.4, -0.2) is 30.8 Å². The van der Waals surface area contributed by atoms with Crippen LogP contribution in [0.15, 0.2) is 24.7 Å². The zero-order chi connectivity index (χ0) is 10.8. The molecule has 1 unspecified atom stereocenters. The van der Waals surface area contributed by atoms with Crippen LogP contribution in [0.3, 0.4) is 0 Å². The standard InChI is InChI=1S/C9H9N3O3/c13-7(3-9(14)15)6-4-10-8-1-2-11-12(8)5-6/h1-2,4-5,7,13H,3H2,(H,14,15). The van der Waals surface area contributed by atoms with Crippen molar-refractivity contribution in [3.05, 3.63) is 30.2 Å². The molecule has 2 heterocycles. The number of nitrogens with zero attached hydrogens (tertiary/aromatic N) is 3. The lowest BCUT2D eigenvalue weighted by molar-refractivity contribution is -0.139. The van der Waals surface area contributed by atoms with Gasteiger partial charge in [0, 0.05) is 24.0 Å². The molecule has 0 radical (unpaired) electrons. The first kappa shape index (κ1) is 9.60. The highest BCUT2D eigenvalue weighted by atomic mass is 16.4. The summed E-state index contributed by atoms with van der Waals surface area (Å²) in [5.74, 6) is -1.05. The van der Waals surface area contributed by atoms with E-state index in [4.69, 9.17) is 5.11 Å². The van der Waals surface area contributed by atoms with Crippen LogP contribution in [0, 0.1) is 0 Å². The molecule has 0 spiro atoms. The molecule has 0 aliphatic rings. The number of fused-ring (bicyclic) bond motifs is 1. The van der Waals surface area contributed by atoms with E-state index in [-0.39, 0.29) is 6.42 Å². The van der Waals surface area contributed by atoms with Crippen LogP contribution in [-0.2, 0) is 4.79 Å². The summed E-state index contributed by atoms with van der Waals surface area (Å²) >= 11 is 0. The minimum absolute atomic E-state index is 0.339. The van der Waals surface area contributed by atoms with Crippen molar-refractivity contribution in [2.45, 2.75) is 12.5 Å². The van der Waals surface area contributed by atoms with E-state index in [0.29, 0.717) is 11.2 Å². The van der Waals surface area contributed by atoms with Crippen LogP contribution in [0.1, 0.15) is 18.1 Å². The highest BCUT2D eigenvalue weighted by Crippen LogP contribution is 2.15. The highest BCUT2D eigenvalue weighted by molar-refractivity contribution is 5.67. The van der Waals surface area contributed by atoms with Gasteiger partial charge in [-0.05, 0) is 0 Å². The summed E-state index contributed by atoms with van der Waals surface area (Å²) in [6.07, 6.45) is 3.20. The number of hydrogen-bond acceptors (Lipinski definition) is 4. The lowest BCUT2D eigenvalue weighted by Crippen LogP contribution is -2.07. The maximum Gasteiger partial charge on any atom is 0.306 e. The molecular weight excluding hydrogens is 198 g/mol. The highest BCUT2D eigenvalue weighted by Gasteiger charge is 2.13. The van der Waals surface area contributed by atoms with E-state index in [1.807, 2.05) is 0 Å². The third-order valence-corrected chi connectivity index (χ3v) is 2.02. The van der Waals surface area contributed by atoms with Crippen LogP contribution in [0.4, 0.5) is 0 Å². The monoisotopic (exact) mass is 207 g/mol. The van der Waals surface area contributed by atoms with Gasteiger partial charge in [-0.25, -0.2) is 9.50 Å². The SMILES string of the molecule is O=C(O)CC(O)c1cnc2ccnn2c1. The Labute approximate surface area is 84.8 Å². The number of carboxylic acids is 1. The molecule has 78 valence electrons. The normalized spacial score (nSPS) is 12.9. The molecule has 2 N–H and O–H groups in total. The fourth-order valence-corrected chi connectivity index (χ4v) is 1.28. The Kier molecular flexibility index (Phi) is 2.34. The number of aromatic nitrogens is 3. The average Bonchev–Trinajstić information content (AvgIpc) is 2.62. The number of aliphatic carboxylic acids is 1. The van der Waals surface area contributed by atoms with Crippen molar-refractivity contribution in [3.63, 3.8) is 0 Å². The van der Waals surface area contributed by atoms with Crippen LogP contribution < -0.4 is 0 Å². The van der Waals surface area contributed by atoms with Crippen LogP contribution >= 0.6 is 0 Å². The molecule has 15 heavy (non-hydrogen) atoms. The van der Waals surface area contributed by atoms with Crippen LogP contribution in [0.25, 0.3) is 5.65 Å². The van der Waals surface area contributed by atoms with Gasteiger partial charge in [-0.1, -0.05) is 0 Å². The van der Waals surface area contributed by atoms with Gasteiger partial charge in [-0.3, -0.25) is 4.79 Å². The third-order valence-electron chi connectivity index (χ3n) is 2.02. The number of aliphatic hydroxyl groups is 1. The first-order chi connectivity index (χ1) is 7.16. The van der Waals surface area contributed by atoms with Gasteiger partial charge in [-0.2, -0.15) is 5.10 Å². The zero-order valence-corrected chi connectivity index (χ0v) is 7.74. The molecule has 2 rings (SSSR count). The molecule has 0 aliphatic heterocycles. The Bertz CT molecular complexity index is 494. The van der Waals surface area contributed by atoms with Crippen LogP contribution in [0.2, 0.25) is 0 Å². The van der Waals surface area contributed by atoms with Gasteiger partial charge in [0.25, 0.3) is 0 Å². The summed E-state index contributed by atoms with van der Waals surface area (Å²) in [6.45, 7) is 0. The molecule has 0 saturated carbocycles. The van der Waals surface area contributed by atoms with Gasteiger partial charge in [0.05, 0.1) is 18.7 Å². The second-order valence-corrected chi connectivity index (χ2v) is 3.13. The Hall–Kier alpha value is -1.95. The van der Waals surface area contributed by atoms with E-state index in [1.54, 1.807) is 18.5 Å². The molecule has 6 nitrogen and oxygen atoms in total. The molecule has 0 fully saturated rings. The van der Waals surface area contributed by atoms with Crippen molar-refractivity contribution in [2.24, 2.45) is 0 Å². The zero-order valence-electron chi connectivity index (χ0n) is 7.74. The minimum Gasteiger partial charge on any atom is -0.481 e. The summed E-state index contributed by atoms with van der Waals surface area (Å²) in [4.78, 5) is 14.4. The molecule has 6 heteroatoms. The van der Waals surface area contributed by atoms with Crippen molar-refractivity contribution in [2.75, 3.05) is 0 Å². The quantitative estimate of drug-likeness (QED) is 0.752. The summed E-state index contributed by atoms with van der Waals surface area (Å²) in [6, 6.07) is 1.72. The summed E-state index contributed by atoms with van der Waals surface area (Å²) in [5.41, 5.74) is 1.09. The Morgan fingerprint density at radius 1 is 1.60 bits per heavy atom. The summed E-state index contributed by atoms with van der Waals surface area (Å²) in [7, 11) is 0. The number of aliphatic hydroxyl groups excluding tert-OH is 1. The van der Waals surface area contributed by atoms with Crippen molar-refractivity contribution in [3.8, 4) is 0 Å². The summed E-state index contributed by atoms with van der Waals surface area (Å²) < 4.78 is 1.49. The van der Waals surface area contributed by atoms with Gasteiger partial charge in [-0.15, -0.1) is 0 Å². The molecule has 2 aromatic heterocycles. The van der Waals surface area contributed by atoms with E-state index in [0.717, 1.165) is 0 Å². The molecule has 0 amide bonds. The topological polar surface area (TPSA) is 87.7 Å². The predicted octanol–water partition coefficient (Wildman–Crippen LogP) is 0.237. The maximum absolute atomic E-state index is 10.4. The van der Waals surface area contributed by atoms with Crippen LogP contribution in [0.5, 0.6) is 0 Å². The number of carbonyl (C=O) groups is 1. The third kappa shape index (κ3) is 1.94. The number of rotatable bonds is 3. The van der Waals surface area contributed by atoms with Crippen molar-refractivity contribution in [1.29, 1.82) is 0 Å². The predicted molar refractivity (Wildman–Crippen MR) is 50.2 cm³/mol. The second kappa shape index (κ2) is 3.66. The molecule has 0 aromatic carbocycles. The smallest absolute Gasteiger partial charge is 0.306 e. The maximum atomic E-state index is 10.4. The lowest BCUT2D eigenvalue weighted by atomic mass is 10.1. The molecule has 2 aromatic rings. The average molecular weight is 207 g/mol. The fourth-order valence-electron chi connectivity index (χ4n) is 1.28. The molecule has 0 aliphatic carbocycles. The number of carboxylic acid groups (broad SMARTS) is 1. The Morgan fingerprint density at radius 2 is 2.40 bits per heavy atom. The van der Waals surface area contributed by atoms with Crippen molar-refractivity contribution < 1.29 is 15.0 Å². The van der Waals surface area contributed by atoms with E-state index in [2.05, 4.69) is 10.1 Å². The second-order valence-electron chi connectivity index (χ2n) is 3.13. The Balaban J connectivity index is 2.30. The molecule has 1 atom stereocenters. The van der Waals surface area contributed by atoms with Gasteiger partial charge >= 0.3 is 5.97 Å². The van der Waals surface area contributed by atoms with Gasteiger partial charge < -0.3 is 10.2 Å². The minimum atomic E-state index is -1.05. The molecule has 0 bridgehead atoms. The molecule has 0 saturated heterocycles. The number of hydrogen-bond donors (Lipinski definition) is 2. The van der Waals surface area contributed by atoms with Crippen molar-refractivity contribution >= 4 is 11.6 Å². The molecular formula is C9H9N3O3. The van der Waals surface area contributed by atoms with E-state index in [9.17, 15) is 9.90 Å². The Morgan fingerprint density at radius 3 is 3.13 bits per heavy atom.